The molecule has 4 N–H and O–H groups in total. The number of ether oxygens (including phenoxy) is 1. The van der Waals surface area contributed by atoms with Gasteiger partial charge in [-0.1, -0.05) is 26.7 Å². The molecule has 11 nitrogen and oxygen atoms in total. The predicted octanol–water partition coefficient (Wildman–Crippen LogP) is 2.59. The van der Waals surface area contributed by atoms with Crippen molar-refractivity contribution in [3.63, 3.8) is 0 Å². The zero-order chi connectivity index (χ0) is 23.2. The standard InChI is InChI=1S/C14H23N2O6P.C4H11O3P/c1-3-4-7-20-23(19)21-9-11-5-6-12(22-11)16-8-10(2)13(17)15-14(16)18;1-2-3-4-7-8(5)6/h8,11-12,19H,3-7,9H2,1-2H3,(H,15,17,18);5-6H,2-4H2,1H3. The lowest BCUT2D eigenvalue weighted by atomic mass is 10.2. The predicted molar refractivity (Wildman–Crippen MR) is 117 cm³/mol. The van der Waals surface area contributed by atoms with Crippen molar-refractivity contribution in [3.8, 4) is 0 Å². The Balaban J connectivity index is 0.000000512. The Morgan fingerprint density at radius 2 is 1.74 bits per heavy atom. The van der Waals surface area contributed by atoms with Gasteiger partial charge in [-0.05, 0) is 32.6 Å². The molecule has 0 aliphatic carbocycles. The van der Waals surface area contributed by atoms with Crippen LogP contribution in [0.4, 0.5) is 0 Å². The van der Waals surface area contributed by atoms with Gasteiger partial charge in [0.1, 0.15) is 6.23 Å². The average Bonchev–Trinajstić information content (AvgIpc) is 3.18. The summed E-state index contributed by atoms with van der Waals surface area (Å²) >= 11 is 0. The molecule has 1 fully saturated rings. The number of aromatic nitrogens is 2. The van der Waals surface area contributed by atoms with Crippen molar-refractivity contribution in [1.82, 2.24) is 9.55 Å². The number of hydrogen-bond acceptors (Lipinski definition) is 9. The van der Waals surface area contributed by atoms with Gasteiger partial charge in [0.25, 0.3) is 5.56 Å². The molecule has 1 saturated heterocycles. The Kier molecular flexibility index (Phi) is 14.6. The fourth-order valence-corrected chi connectivity index (χ4v) is 3.52. The van der Waals surface area contributed by atoms with Gasteiger partial charge in [0, 0.05) is 11.8 Å². The van der Waals surface area contributed by atoms with Crippen LogP contribution < -0.4 is 11.2 Å². The van der Waals surface area contributed by atoms with E-state index in [1.165, 1.54) is 10.8 Å². The highest BCUT2D eigenvalue weighted by molar-refractivity contribution is 7.40. The number of unbranched alkanes of at least 4 members (excludes halogenated alkanes) is 2. The first-order valence-electron chi connectivity index (χ1n) is 10.3. The maximum absolute atomic E-state index is 11.8. The highest BCUT2D eigenvalue weighted by Gasteiger charge is 2.28. The Morgan fingerprint density at radius 3 is 2.35 bits per heavy atom. The van der Waals surface area contributed by atoms with Gasteiger partial charge in [-0.2, -0.15) is 0 Å². The quantitative estimate of drug-likeness (QED) is 0.259. The maximum atomic E-state index is 11.8. The molecule has 0 spiro atoms. The maximum Gasteiger partial charge on any atom is 0.330 e. The average molecular weight is 484 g/mol. The summed E-state index contributed by atoms with van der Waals surface area (Å²) in [4.78, 5) is 51.4. The first-order valence-corrected chi connectivity index (χ1v) is 12.6. The summed E-state index contributed by atoms with van der Waals surface area (Å²) in [5.41, 5.74) is -0.421. The van der Waals surface area contributed by atoms with Crippen molar-refractivity contribution >= 4 is 17.2 Å². The van der Waals surface area contributed by atoms with E-state index in [9.17, 15) is 14.5 Å². The second kappa shape index (κ2) is 16.0. The zero-order valence-electron chi connectivity index (χ0n) is 18.2. The van der Waals surface area contributed by atoms with E-state index in [1.54, 1.807) is 6.92 Å². The van der Waals surface area contributed by atoms with Crippen LogP contribution in [-0.4, -0.2) is 50.2 Å². The van der Waals surface area contributed by atoms with E-state index in [4.69, 9.17) is 23.6 Å². The minimum atomic E-state index is -2.11. The molecule has 13 heteroatoms. The molecular formula is C18H34N2O9P2. The van der Waals surface area contributed by atoms with Crippen LogP contribution >= 0.6 is 17.2 Å². The third-order valence-corrected chi connectivity index (χ3v) is 5.50. The zero-order valence-corrected chi connectivity index (χ0v) is 20.0. The van der Waals surface area contributed by atoms with E-state index in [0.29, 0.717) is 31.6 Å². The second-order valence-corrected chi connectivity index (χ2v) is 8.68. The van der Waals surface area contributed by atoms with E-state index in [1.807, 2.05) is 13.8 Å². The summed E-state index contributed by atoms with van der Waals surface area (Å²) in [5, 5.41) is 0. The van der Waals surface area contributed by atoms with Crippen LogP contribution in [0.15, 0.2) is 15.8 Å². The molecular weight excluding hydrogens is 450 g/mol. The monoisotopic (exact) mass is 484 g/mol. The third-order valence-electron chi connectivity index (χ3n) is 4.32. The summed E-state index contributed by atoms with van der Waals surface area (Å²) in [6, 6.07) is 0. The van der Waals surface area contributed by atoms with E-state index in [0.717, 1.165) is 25.7 Å². The number of aromatic amines is 1. The fourth-order valence-electron chi connectivity index (χ4n) is 2.58. The van der Waals surface area contributed by atoms with Crippen molar-refractivity contribution in [2.45, 2.75) is 71.6 Å². The molecule has 0 radical (unpaired) electrons. The van der Waals surface area contributed by atoms with Crippen molar-refractivity contribution in [1.29, 1.82) is 0 Å². The second-order valence-electron chi connectivity index (χ2n) is 6.93. The largest absolute Gasteiger partial charge is 0.352 e. The molecule has 3 atom stereocenters. The molecule has 1 aromatic rings. The molecule has 0 bridgehead atoms. The fraction of sp³-hybridized carbons (Fsp3) is 0.778. The highest BCUT2D eigenvalue weighted by atomic mass is 31.2. The molecule has 1 aliphatic heterocycles. The van der Waals surface area contributed by atoms with Gasteiger partial charge < -0.3 is 33.0 Å². The van der Waals surface area contributed by atoms with E-state index < -0.39 is 29.1 Å². The van der Waals surface area contributed by atoms with Crippen LogP contribution in [0, 0.1) is 6.92 Å². The topological polar surface area (TPSA) is 152 Å². The van der Waals surface area contributed by atoms with Crippen LogP contribution in [0.25, 0.3) is 0 Å². The van der Waals surface area contributed by atoms with E-state index in [2.05, 4.69) is 9.51 Å². The Morgan fingerprint density at radius 1 is 1.10 bits per heavy atom. The summed E-state index contributed by atoms with van der Waals surface area (Å²) in [5.74, 6) is 0. The van der Waals surface area contributed by atoms with Gasteiger partial charge in [0.2, 0.25) is 0 Å². The summed E-state index contributed by atoms with van der Waals surface area (Å²) in [6.07, 6.45) is 5.96. The first-order chi connectivity index (χ1) is 14.8. The number of aryl methyl sites for hydroxylation is 1. The lowest BCUT2D eigenvalue weighted by Gasteiger charge is -2.17. The number of nitrogens with zero attached hydrogens (tertiary/aromatic N) is 1. The normalized spacial score (nSPS) is 19.3. The van der Waals surface area contributed by atoms with Crippen LogP contribution in [0.1, 0.15) is 64.2 Å². The molecule has 2 rings (SSSR count). The molecule has 1 aliphatic rings. The van der Waals surface area contributed by atoms with Crippen LogP contribution in [0.3, 0.4) is 0 Å². The lowest BCUT2D eigenvalue weighted by molar-refractivity contribution is -0.0227. The van der Waals surface area contributed by atoms with E-state index >= 15 is 0 Å². The summed E-state index contributed by atoms with van der Waals surface area (Å²) in [7, 11) is -4.00. The molecule has 0 aromatic carbocycles. The Bertz CT molecular complexity index is 729. The van der Waals surface area contributed by atoms with E-state index in [-0.39, 0.29) is 18.3 Å². The summed E-state index contributed by atoms with van der Waals surface area (Å²) in [6.45, 7) is 6.82. The van der Waals surface area contributed by atoms with Gasteiger partial charge in [-0.3, -0.25) is 14.3 Å². The smallest absolute Gasteiger partial charge is 0.330 e. The number of rotatable bonds is 12. The van der Waals surface area contributed by atoms with Crippen LogP contribution in [-0.2, 0) is 18.3 Å². The summed E-state index contributed by atoms with van der Waals surface area (Å²) < 4.78 is 22.0. The van der Waals surface area contributed by atoms with Gasteiger partial charge in [-0.15, -0.1) is 0 Å². The number of hydrogen-bond donors (Lipinski definition) is 4. The molecule has 31 heavy (non-hydrogen) atoms. The minimum absolute atomic E-state index is 0.210. The molecule has 0 amide bonds. The van der Waals surface area contributed by atoms with Crippen molar-refractivity contribution < 1.29 is 33.0 Å². The Labute approximate surface area is 184 Å². The number of H-pyrrole nitrogens is 1. The van der Waals surface area contributed by atoms with Crippen LogP contribution in [0.2, 0.25) is 0 Å². The minimum Gasteiger partial charge on any atom is -0.352 e. The Hall–Kier alpha value is -0.740. The SMILES string of the molecule is CCCCOP(O)O.CCCCOP(O)OCC1CCC(n2cc(C)c(=O)[nH]c2=O)O1. The molecule has 0 saturated carbocycles. The number of nitrogens with one attached hydrogen (secondary N) is 1. The molecule has 180 valence electrons. The van der Waals surface area contributed by atoms with Crippen LogP contribution in [0.5, 0.6) is 0 Å². The van der Waals surface area contributed by atoms with Crippen molar-refractivity contribution in [2.75, 3.05) is 19.8 Å². The van der Waals surface area contributed by atoms with Gasteiger partial charge in [-0.25, -0.2) is 4.79 Å². The molecule has 1 aromatic heterocycles. The molecule has 3 unspecified atom stereocenters. The van der Waals surface area contributed by atoms with Gasteiger partial charge in [0.15, 0.2) is 0 Å². The van der Waals surface area contributed by atoms with Crippen molar-refractivity contribution in [2.24, 2.45) is 0 Å². The van der Waals surface area contributed by atoms with Gasteiger partial charge in [0.05, 0.1) is 25.9 Å². The lowest BCUT2D eigenvalue weighted by Crippen LogP contribution is -2.33. The third kappa shape index (κ3) is 11.6. The van der Waals surface area contributed by atoms with Gasteiger partial charge >= 0.3 is 22.9 Å². The first kappa shape index (κ1) is 28.3. The van der Waals surface area contributed by atoms with Crippen molar-refractivity contribution in [3.05, 3.63) is 32.6 Å². The highest BCUT2D eigenvalue weighted by Crippen LogP contribution is 2.35. The molecule has 2 heterocycles.